The Bertz CT molecular complexity index is 797. The lowest BCUT2D eigenvalue weighted by atomic mass is 9.91. The van der Waals surface area contributed by atoms with Crippen LogP contribution in [0, 0.1) is 5.92 Å². The van der Waals surface area contributed by atoms with Crippen molar-refractivity contribution >= 4 is 12.1 Å². The van der Waals surface area contributed by atoms with Crippen LogP contribution in [-0.4, -0.2) is 48.6 Å². The predicted molar refractivity (Wildman–Crippen MR) is 106 cm³/mol. The van der Waals surface area contributed by atoms with Crippen LogP contribution in [-0.2, 0) is 20.7 Å². The summed E-state index contributed by atoms with van der Waals surface area (Å²) in [6, 6.07) is 18.2. The second-order valence-electron chi connectivity index (χ2n) is 7.03. The summed E-state index contributed by atoms with van der Waals surface area (Å²) in [4.78, 5) is 23.4. The second-order valence-corrected chi connectivity index (χ2v) is 7.03. The molecule has 0 saturated carbocycles. The first-order valence-electron chi connectivity index (χ1n) is 9.56. The highest BCUT2D eigenvalue weighted by Crippen LogP contribution is 2.25. The molecule has 2 unspecified atom stereocenters. The van der Waals surface area contributed by atoms with Crippen molar-refractivity contribution < 1.29 is 28.9 Å². The fourth-order valence-corrected chi connectivity index (χ4v) is 3.41. The quantitative estimate of drug-likeness (QED) is 0.751. The van der Waals surface area contributed by atoms with Gasteiger partial charge in [0.2, 0.25) is 0 Å². The Hall–Kier alpha value is -3.06. The van der Waals surface area contributed by atoms with Gasteiger partial charge in [0.1, 0.15) is 18.0 Å². The van der Waals surface area contributed by atoms with Crippen LogP contribution in [0.15, 0.2) is 60.7 Å². The first-order valence-corrected chi connectivity index (χ1v) is 9.56. The second kappa shape index (κ2) is 9.93. The number of benzene rings is 2. The third kappa shape index (κ3) is 5.96. The molecule has 1 saturated heterocycles. The van der Waals surface area contributed by atoms with Gasteiger partial charge in [0, 0.05) is 5.92 Å². The summed E-state index contributed by atoms with van der Waals surface area (Å²) in [6.07, 6.45) is -1.71. The highest BCUT2D eigenvalue weighted by molar-refractivity contribution is 5.81. The summed E-state index contributed by atoms with van der Waals surface area (Å²) in [5.41, 5.74) is 1.11. The topological polar surface area (TPSA) is 94.1 Å². The third-order valence-corrected chi connectivity index (χ3v) is 4.78. The van der Waals surface area contributed by atoms with Crippen LogP contribution in [0.3, 0.4) is 0 Å². The van der Waals surface area contributed by atoms with Crippen molar-refractivity contribution in [2.45, 2.75) is 31.6 Å². The summed E-state index contributed by atoms with van der Waals surface area (Å²) in [7, 11) is 0. The molecule has 1 aliphatic heterocycles. The van der Waals surface area contributed by atoms with Gasteiger partial charge in [0.15, 0.2) is 6.04 Å². The number of nitrogens with one attached hydrogen (secondary N) is 1. The lowest BCUT2D eigenvalue weighted by molar-refractivity contribution is -0.156. The van der Waals surface area contributed by atoms with E-state index in [0.717, 1.165) is 5.56 Å². The van der Waals surface area contributed by atoms with Gasteiger partial charge < -0.3 is 24.6 Å². The fourth-order valence-electron chi connectivity index (χ4n) is 3.41. The van der Waals surface area contributed by atoms with Gasteiger partial charge in [-0.05, 0) is 31.0 Å². The molecule has 154 valence electrons. The first-order chi connectivity index (χ1) is 14.0. The third-order valence-electron chi connectivity index (χ3n) is 4.78. The zero-order valence-electron chi connectivity index (χ0n) is 16.2. The van der Waals surface area contributed by atoms with Crippen molar-refractivity contribution in [1.82, 2.24) is 5.32 Å². The van der Waals surface area contributed by atoms with Crippen molar-refractivity contribution in [3.63, 3.8) is 0 Å². The number of para-hydroxylation sites is 1. The molecule has 2 N–H and O–H groups in total. The lowest BCUT2D eigenvalue weighted by Gasteiger charge is -2.31. The summed E-state index contributed by atoms with van der Waals surface area (Å²) in [5.74, 6) is -0.121. The van der Waals surface area contributed by atoms with Crippen molar-refractivity contribution in [3.8, 4) is 5.75 Å². The molecule has 1 amide bonds. The Morgan fingerprint density at radius 1 is 1.10 bits per heavy atom. The number of cyclic esters (lactones) is 1. The molecule has 7 heteroatoms. The van der Waals surface area contributed by atoms with E-state index in [0.29, 0.717) is 18.8 Å². The molecule has 0 radical (unpaired) electrons. The van der Waals surface area contributed by atoms with Gasteiger partial charge in [-0.1, -0.05) is 48.5 Å². The number of carbonyl (C=O) groups is 2. The van der Waals surface area contributed by atoms with Crippen LogP contribution in [0.1, 0.15) is 12.5 Å². The van der Waals surface area contributed by atoms with Gasteiger partial charge >= 0.3 is 12.1 Å². The molecule has 0 aromatic heterocycles. The van der Waals surface area contributed by atoms with Gasteiger partial charge in [0.05, 0.1) is 13.2 Å². The van der Waals surface area contributed by atoms with Crippen LogP contribution >= 0.6 is 0 Å². The maximum atomic E-state index is 12.4. The molecule has 0 aliphatic carbocycles. The van der Waals surface area contributed by atoms with Crippen LogP contribution in [0.25, 0.3) is 0 Å². The minimum atomic E-state index is -1.31. The van der Waals surface area contributed by atoms with E-state index in [-0.39, 0.29) is 12.5 Å². The van der Waals surface area contributed by atoms with Crippen LogP contribution in [0.2, 0.25) is 0 Å². The molecule has 3 rings (SSSR count). The van der Waals surface area contributed by atoms with Crippen LogP contribution in [0.5, 0.6) is 5.75 Å². The predicted octanol–water partition coefficient (Wildman–Crippen LogP) is 2.89. The van der Waals surface area contributed by atoms with Gasteiger partial charge in [-0.3, -0.25) is 0 Å². The Kier molecular flexibility index (Phi) is 7.08. The van der Waals surface area contributed by atoms with Gasteiger partial charge in [-0.2, -0.15) is 0 Å². The summed E-state index contributed by atoms with van der Waals surface area (Å²) >= 11 is 0. The monoisotopic (exact) mass is 399 g/mol. The summed E-state index contributed by atoms with van der Waals surface area (Å²) in [5, 5.41) is 11.1. The van der Waals surface area contributed by atoms with Crippen molar-refractivity contribution in [3.05, 3.63) is 66.2 Å². The number of carboxylic acid groups (broad SMARTS) is 1. The minimum Gasteiger partial charge on any atom is -0.486 e. The lowest BCUT2D eigenvalue weighted by Crippen LogP contribution is -2.46. The van der Waals surface area contributed by atoms with E-state index in [1.54, 1.807) is 6.92 Å². The van der Waals surface area contributed by atoms with Gasteiger partial charge in [-0.25, -0.2) is 9.59 Å². The molecular weight excluding hydrogens is 374 g/mol. The van der Waals surface area contributed by atoms with E-state index in [9.17, 15) is 9.59 Å². The van der Waals surface area contributed by atoms with Gasteiger partial charge in [0.25, 0.3) is 0 Å². The van der Waals surface area contributed by atoms with Gasteiger partial charge in [-0.15, -0.1) is 0 Å². The molecule has 1 heterocycles. The average Bonchev–Trinajstić information content (AvgIpc) is 2.75. The SMILES string of the molecule is CC1OC(=O)[C@@H](NC(=O)O)COC[C@H](Cc2ccccc2)C1Oc1ccccc1. The smallest absolute Gasteiger partial charge is 0.405 e. The molecule has 2 aromatic carbocycles. The van der Waals surface area contributed by atoms with Crippen molar-refractivity contribution in [2.75, 3.05) is 13.2 Å². The Morgan fingerprint density at radius 3 is 2.41 bits per heavy atom. The number of amides is 1. The summed E-state index contributed by atoms with van der Waals surface area (Å²) in [6.45, 7) is 1.96. The normalized spacial score (nSPS) is 25.1. The first kappa shape index (κ1) is 20.7. The standard InChI is InChI=1S/C22H25NO6/c1-15-20(29-18-10-6-3-7-11-18)17(12-16-8-4-2-5-9-16)13-27-14-19(21(24)28-15)23-22(25)26/h2-11,15,17,19-20,23H,12-14H2,1H3,(H,25,26)/t15?,17-,19-,20?/m0/s1. The fraction of sp³-hybridized carbons (Fsp3) is 0.364. The number of hydrogen-bond acceptors (Lipinski definition) is 5. The maximum Gasteiger partial charge on any atom is 0.405 e. The van der Waals surface area contributed by atoms with E-state index >= 15 is 0 Å². The van der Waals surface area contributed by atoms with Crippen LogP contribution < -0.4 is 10.1 Å². The number of hydrogen-bond donors (Lipinski definition) is 2. The molecule has 7 nitrogen and oxygen atoms in total. The number of carbonyl (C=O) groups excluding carboxylic acids is 1. The van der Waals surface area contributed by atoms with E-state index in [2.05, 4.69) is 5.32 Å². The van der Waals surface area contributed by atoms with Crippen LogP contribution in [0.4, 0.5) is 4.79 Å². The highest BCUT2D eigenvalue weighted by atomic mass is 16.6. The molecule has 4 atom stereocenters. The molecule has 0 spiro atoms. The van der Waals surface area contributed by atoms with E-state index in [1.165, 1.54) is 0 Å². The van der Waals surface area contributed by atoms with E-state index in [1.807, 2.05) is 60.7 Å². The molecule has 0 bridgehead atoms. The summed E-state index contributed by atoms with van der Waals surface area (Å²) < 4.78 is 17.5. The highest BCUT2D eigenvalue weighted by Gasteiger charge is 2.36. The molecule has 1 aliphatic rings. The largest absolute Gasteiger partial charge is 0.486 e. The minimum absolute atomic E-state index is 0.0960. The Balaban J connectivity index is 1.84. The molecule has 2 aromatic rings. The van der Waals surface area contributed by atoms with E-state index in [4.69, 9.17) is 19.3 Å². The molecule has 1 fully saturated rings. The zero-order chi connectivity index (χ0) is 20.6. The average molecular weight is 399 g/mol. The Morgan fingerprint density at radius 2 is 1.76 bits per heavy atom. The maximum absolute atomic E-state index is 12.4. The number of esters is 1. The van der Waals surface area contributed by atoms with Crippen molar-refractivity contribution in [1.29, 1.82) is 0 Å². The number of rotatable bonds is 5. The number of ether oxygens (including phenoxy) is 3. The molecular formula is C22H25NO6. The molecule has 29 heavy (non-hydrogen) atoms. The van der Waals surface area contributed by atoms with Crippen molar-refractivity contribution in [2.24, 2.45) is 5.92 Å². The van der Waals surface area contributed by atoms with E-state index < -0.39 is 30.3 Å². The Labute approximate surface area is 169 Å². The zero-order valence-corrected chi connectivity index (χ0v) is 16.2.